The molecular formula is C10H22OSn2. The predicted octanol–water partition coefficient (Wildman–Crippen LogP) is 3.46. The average Bonchev–Trinajstić information content (AvgIpc) is 2.16. The first-order valence-corrected chi connectivity index (χ1v) is 11.9. The fraction of sp³-hybridized carbons (Fsp3) is 1.00. The zero-order valence-electron chi connectivity index (χ0n) is 9.07. The molecule has 0 rings (SSSR count). The van der Waals surface area contributed by atoms with E-state index >= 15 is 0 Å². The molecule has 3 heteroatoms. The van der Waals surface area contributed by atoms with Crippen molar-refractivity contribution in [2.24, 2.45) is 0 Å². The van der Waals surface area contributed by atoms with Gasteiger partial charge in [0.2, 0.25) is 0 Å². The molecule has 0 aromatic rings. The van der Waals surface area contributed by atoms with Crippen LogP contribution in [0, 0.1) is 0 Å². The van der Waals surface area contributed by atoms with Gasteiger partial charge in [0.1, 0.15) is 0 Å². The molecule has 0 fully saturated rings. The van der Waals surface area contributed by atoms with E-state index in [4.69, 9.17) is 1.41 Å². The fourth-order valence-corrected chi connectivity index (χ4v) is 10.3. The van der Waals surface area contributed by atoms with Gasteiger partial charge in [-0.05, 0) is 0 Å². The third kappa shape index (κ3) is 13.6. The third-order valence-corrected chi connectivity index (χ3v) is 11.4. The van der Waals surface area contributed by atoms with E-state index in [0.29, 0.717) is 0 Å². The minimum absolute atomic E-state index is 0.313. The Morgan fingerprint density at radius 3 is 2.00 bits per heavy atom. The number of rotatable bonds is 10. The molecule has 13 heavy (non-hydrogen) atoms. The van der Waals surface area contributed by atoms with Gasteiger partial charge in [-0.25, -0.2) is 0 Å². The maximum absolute atomic E-state index is 5.86. The van der Waals surface area contributed by atoms with Gasteiger partial charge in [-0.2, -0.15) is 0 Å². The Hall–Kier alpha value is 1.56. The summed E-state index contributed by atoms with van der Waals surface area (Å²) in [6, 6.07) is 0. The van der Waals surface area contributed by atoms with Crippen molar-refractivity contribution in [1.82, 2.24) is 0 Å². The van der Waals surface area contributed by atoms with E-state index in [1.165, 1.54) is 47.4 Å². The van der Waals surface area contributed by atoms with Gasteiger partial charge in [0.15, 0.2) is 0 Å². The molecule has 0 saturated heterocycles. The van der Waals surface area contributed by atoms with Crippen molar-refractivity contribution in [3.05, 3.63) is 0 Å². The Balaban J connectivity index is 2.76. The Morgan fingerprint density at radius 2 is 1.38 bits per heavy atom. The molecule has 0 aliphatic rings. The van der Waals surface area contributed by atoms with Crippen LogP contribution in [0.4, 0.5) is 0 Å². The fourth-order valence-electron chi connectivity index (χ4n) is 1.03. The van der Waals surface area contributed by atoms with Crippen molar-refractivity contribution < 1.29 is 1.41 Å². The summed E-state index contributed by atoms with van der Waals surface area (Å²) < 4.78 is 8.78. The molecule has 0 atom stereocenters. The molecule has 0 N–H and O–H groups in total. The first-order valence-electron chi connectivity index (χ1n) is 5.53. The van der Waals surface area contributed by atoms with Crippen LogP contribution in [0.1, 0.15) is 52.4 Å². The van der Waals surface area contributed by atoms with Gasteiger partial charge in [0.05, 0.1) is 0 Å². The SMILES string of the molecule is CCCCC[CH2][Sn][O][Sn][CH2]CCC. The zero-order valence-corrected chi connectivity index (χ0v) is 14.8. The third-order valence-electron chi connectivity index (χ3n) is 1.91. The summed E-state index contributed by atoms with van der Waals surface area (Å²) >= 11 is -0.634. The van der Waals surface area contributed by atoms with Crippen LogP contribution in [0.2, 0.25) is 8.87 Å². The van der Waals surface area contributed by atoms with Gasteiger partial charge in [0.25, 0.3) is 0 Å². The topological polar surface area (TPSA) is 9.23 Å². The molecule has 0 aromatic carbocycles. The molecule has 0 unspecified atom stereocenters. The second-order valence-electron chi connectivity index (χ2n) is 3.30. The van der Waals surface area contributed by atoms with Crippen molar-refractivity contribution in [2.75, 3.05) is 0 Å². The number of hydrogen-bond acceptors (Lipinski definition) is 1. The van der Waals surface area contributed by atoms with Crippen molar-refractivity contribution >= 4 is 43.1 Å². The molecular weight excluding hydrogens is 374 g/mol. The van der Waals surface area contributed by atoms with Crippen LogP contribution in [-0.4, -0.2) is 43.1 Å². The maximum atomic E-state index is 5.86. The van der Waals surface area contributed by atoms with Crippen molar-refractivity contribution in [3.8, 4) is 0 Å². The van der Waals surface area contributed by atoms with Gasteiger partial charge < -0.3 is 0 Å². The predicted molar refractivity (Wildman–Crippen MR) is 61.3 cm³/mol. The van der Waals surface area contributed by atoms with Crippen LogP contribution in [0.25, 0.3) is 0 Å². The summed E-state index contributed by atoms with van der Waals surface area (Å²) in [5, 5.41) is 0. The standard InChI is InChI=1S/C6H13.C4H9.O.2Sn/c1-3-5-6-4-2;1-3-4-2;;;/h1,3-6H2,2H3;1,3-4H2,2H3;;;. The monoisotopic (exact) mass is 398 g/mol. The molecule has 0 saturated carbocycles. The average molecular weight is 396 g/mol. The van der Waals surface area contributed by atoms with Gasteiger partial charge in [-0.1, -0.05) is 0 Å². The summed E-state index contributed by atoms with van der Waals surface area (Å²) in [7, 11) is 0. The van der Waals surface area contributed by atoms with Gasteiger partial charge in [0, 0.05) is 0 Å². The van der Waals surface area contributed by atoms with Crippen molar-refractivity contribution in [2.45, 2.75) is 61.2 Å². The van der Waals surface area contributed by atoms with E-state index in [-0.39, 0.29) is 43.1 Å². The van der Waals surface area contributed by atoms with Gasteiger partial charge in [-0.15, -0.1) is 0 Å². The molecule has 0 amide bonds. The van der Waals surface area contributed by atoms with Crippen LogP contribution in [0.3, 0.4) is 0 Å². The Morgan fingerprint density at radius 1 is 0.769 bits per heavy atom. The summed E-state index contributed by atoms with van der Waals surface area (Å²) in [5.41, 5.74) is 0. The van der Waals surface area contributed by atoms with Crippen LogP contribution in [-0.2, 0) is 1.41 Å². The summed E-state index contributed by atoms with van der Waals surface area (Å²) in [6.45, 7) is 4.54. The minimum atomic E-state index is -0.321. The molecule has 1 nitrogen and oxygen atoms in total. The van der Waals surface area contributed by atoms with Crippen LogP contribution in [0.15, 0.2) is 0 Å². The number of unbranched alkanes of at least 4 members (excludes halogenated alkanes) is 4. The van der Waals surface area contributed by atoms with E-state index in [1.54, 1.807) is 0 Å². The molecule has 0 aliphatic carbocycles. The molecule has 0 spiro atoms. The molecule has 4 radical (unpaired) electrons. The van der Waals surface area contributed by atoms with Crippen LogP contribution in [0.5, 0.6) is 0 Å². The van der Waals surface area contributed by atoms with E-state index < -0.39 is 0 Å². The molecule has 0 aromatic heterocycles. The summed E-state index contributed by atoms with van der Waals surface area (Å²) in [4.78, 5) is 0. The second kappa shape index (κ2) is 13.6. The van der Waals surface area contributed by atoms with Crippen LogP contribution >= 0.6 is 0 Å². The quantitative estimate of drug-likeness (QED) is 0.407. The summed E-state index contributed by atoms with van der Waals surface area (Å²) in [5.74, 6) is 0. The molecule has 0 heterocycles. The molecule has 0 bridgehead atoms. The van der Waals surface area contributed by atoms with Gasteiger partial charge >= 0.3 is 106 Å². The Labute approximate surface area is 105 Å². The van der Waals surface area contributed by atoms with E-state index in [2.05, 4.69) is 13.8 Å². The van der Waals surface area contributed by atoms with E-state index in [1.807, 2.05) is 0 Å². The Kier molecular flexibility index (Phi) is 15.2. The molecule has 76 valence electrons. The van der Waals surface area contributed by atoms with Crippen molar-refractivity contribution in [3.63, 3.8) is 0 Å². The zero-order chi connectivity index (χ0) is 9.78. The van der Waals surface area contributed by atoms with Crippen LogP contribution < -0.4 is 0 Å². The second-order valence-corrected chi connectivity index (χ2v) is 12.3. The number of hydrogen-bond donors (Lipinski definition) is 0. The van der Waals surface area contributed by atoms with Crippen molar-refractivity contribution in [1.29, 1.82) is 0 Å². The first-order chi connectivity index (χ1) is 6.41. The summed E-state index contributed by atoms with van der Waals surface area (Å²) in [6.07, 6.45) is 8.45. The normalized spacial score (nSPS) is 10.6. The first kappa shape index (κ1) is 14.6. The Bertz CT molecular complexity index is 79.0. The van der Waals surface area contributed by atoms with Gasteiger partial charge in [-0.3, -0.25) is 0 Å². The molecule has 0 aliphatic heterocycles. The van der Waals surface area contributed by atoms with E-state index in [0.717, 1.165) is 0 Å². The van der Waals surface area contributed by atoms with E-state index in [9.17, 15) is 0 Å².